The van der Waals surface area contributed by atoms with E-state index in [-0.39, 0.29) is 11.8 Å². The molecule has 0 spiro atoms. The number of fused-ring (bicyclic) bond motifs is 1. The Hall–Kier alpha value is -2.58. The number of carbonyl (C=O) groups excluding carboxylic acids is 2. The maximum Gasteiger partial charge on any atom is 0.271 e. The van der Waals surface area contributed by atoms with Gasteiger partial charge in [-0.05, 0) is 39.8 Å². The van der Waals surface area contributed by atoms with Gasteiger partial charge in [-0.25, -0.2) is 3.93 Å². The molecule has 1 heterocycles. The topological polar surface area (TPSA) is 110 Å². The molecule has 0 N–H and O–H groups in total. The van der Waals surface area contributed by atoms with Crippen molar-refractivity contribution in [2.75, 3.05) is 0 Å². The SMILES string of the molecule is CC(C)(C#N)N=NC(C)(C)C#N.O=C1c2ccccc2C(=O)N1Br. The third kappa shape index (κ3) is 4.71. The maximum absolute atomic E-state index is 11.3. The van der Waals surface area contributed by atoms with Crippen LogP contribution in [0.5, 0.6) is 0 Å². The summed E-state index contributed by atoms with van der Waals surface area (Å²) in [5.74, 6) is -0.591. The van der Waals surface area contributed by atoms with Gasteiger partial charge in [-0.15, -0.1) is 0 Å². The summed E-state index contributed by atoms with van der Waals surface area (Å²) in [5.41, 5.74) is -0.763. The fourth-order valence-electron chi connectivity index (χ4n) is 1.45. The molecule has 7 nitrogen and oxygen atoms in total. The number of azo groups is 1. The van der Waals surface area contributed by atoms with Crippen LogP contribution in [0.1, 0.15) is 48.4 Å². The van der Waals surface area contributed by atoms with Crippen molar-refractivity contribution < 1.29 is 9.59 Å². The van der Waals surface area contributed by atoms with E-state index >= 15 is 0 Å². The van der Waals surface area contributed by atoms with Gasteiger partial charge in [-0.2, -0.15) is 20.8 Å². The Bertz CT molecular complexity index is 708. The highest BCUT2D eigenvalue weighted by atomic mass is 79.9. The van der Waals surface area contributed by atoms with Crippen molar-refractivity contribution >= 4 is 28.0 Å². The minimum atomic E-state index is -0.839. The van der Waals surface area contributed by atoms with Gasteiger partial charge >= 0.3 is 0 Å². The van der Waals surface area contributed by atoms with E-state index in [0.717, 1.165) is 3.93 Å². The van der Waals surface area contributed by atoms with E-state index in [0.29, 0.717) is 11.1 Å². The minimum absolute atomic E-state index is 0.296. The van der Waals surface area contributed by atoms with E-state index < -0.39 is 11.1 Å². The minimum Gasteiger partial charge on any atom is -0.268 e. The lowest BCUT2D eigenvalue weighted by Crippen LogP contribution is -2.17. The number of amides is 2. The Balaban J connectivity index is 0.000000240. The summed E-state index contributed by atoms with van der Waals surface area (Å²) in [5, 5.41) is 24.7. The van der Waals surface area contributed by atoms with Gasteiger partial charge in [-0.1, -0.05) is 12.1 Å². The molecule has 0 bridgehead atoms. The molecular formula is C16H16BrN5O2. The summed E-state index contributed by atoms with van der Waals surface area (Å²) in [6.45, 7) is 6.57. The number of hydrogen-bond acceptors (Lipinski definition) is 6. The number of carbonyl (C=O) groups is 2. The van der Waals surface area contributed by atoms with Gasteiger partial charge in [-0.3, -0.25) is 9.59 Å². The number of imide groups is 1. The molecule has 24 heavy (non-hydrogen) atoms. The van der Waals surface area contributed by atoms with Crippen molar-refractivity contribution in [3.63, 3.8) is 0 Å². The standard InChI is InChI=1S/C8H4BrNO2.C8H12N4/c9-10-7(11)5-3-1-2-4-6(5)8(10)12;1-7(2,5-9)11-12-8(3,4)6-10/h1-4H;1-4H3. The van der Waals surface area contributed by atoms with Crippen LogP contribution in [0.4, 0.5) is 0 Å². The second kappa shape index (κ2) is 7.33. The molecule has 0 radical (unpaired) electrons. The van der Waals surface area contributed by atoms with Crippen LogP contribution in [0.2, 0.25) is 0 Å². The molecule has 0 aromatic heterocycles. The van der Waals surface area contributed by atoms with Crippen molar-refractivity contribution in [2.45, 2.75) is 38.8 Å². The quantitative estimate of drug-likeness (QED) is 0.436. The summed E-state index contributed by atoms with van der Waals surface area (Å²) >= 11 is 2.88. The first-order valence-corrected chi connectivity index (χ1v) is 7.66. The Morgan fingerprint density at radius 1 is 0.917 bits per heavy atom. The summed E-state index contributed by atoms with van der Waals surface area (Å²) in [6, 6.07) is 10.7. The zero-order chi connectivity index (χ0) is 18.5. The third-order valence-electron chi connectivity index (χ3n) is 2.84. The van der Waals surface area contributed by atoms with Crippen molar-refractivity contribution in [3.8, 4) is 12.1 Å². The largest absolute Gasteiger partial charge is 0.271 e. The van der Waals surface area contributed by atoms with Crippen molar-refractivity contribution in [3.05, 3.63) is 35.4 Å². The van der Waals surface area contributed by atoms with Gasteiger partial charge in [0.05, 0.1) is 39.4 Å². The predicted molar refractivity (Wildman–Crippen MR) is 90.1 cm³/mol. The van der Waals surface area contributed by atoms with E-state index in [1.807, 2.05) is 12.1 Å². The number of nitriles is 2. The van der Waals surface area contributed by atoms with E-state index in [2.05, 4.69) is 26.4 Å². The van der Waals surface area contributed by atoms with E-state index in [1.54, 1.807) is 52.0 Å². The summed E-state index contributed by atoms with van der Waals surface area (Å²) < 4.78 is 0.942. The lowest BCUT2D eigenvalue weighted by Gasteiger charge is -2.11. The van der Waals surface area contributed by atoms with Crippen LogP contribution in [-0.4, -0.2) is 26.8 Å². The molecule has 0 saturated carbocycles. The molecule has 1 aromatic carbocycles. The average molecular weight is 390 g/mol. The van der Waals surface area contributed by atoms with Crippen LogP contribution in [0.25, 0.3) is 0 Å². The van der Waals surface area contributed by atoms with Crippen LogP contribution < -0.4 is 0 Å². The zero-order valence-electron chi connectivity index (χ0n) is 13.7. The molecule has 0 aliphatic carbocycles. The number of hydrogen-bond donors (Lipinski definition) is 0. The first-order valence-electron chi connectivity index (χ1n) is 6.95. The highest BCUT2D eigenvalue weighted by Crippen LogP contribution is 2.24. The normalized spacial score (nSPS) is 13.9. The second-order valence-electron chi connectivity index (χ2n) is 5.98. The Morgan fingerprint density at radius 2 is 1.25 bits per heavy atom. The highest BCUT2D eigenvalue weighted by Gasteiger charge is 2.33. The maximum atomic E-state index is 11.3. The smallest absolute Gasteiger partial charge is 0.268 e. The van der Waals surface area contributed by atoms with Crippen molar-refractivity contribution in [1.82, 2.24) is 3.93 Å². The van der Waals surface area contributed by atoms with Gasteiger partial charge in [0, 0.05) is 0 Å². The number of halogens is 1. The van der Waals surface area contributed by atoms with Crippen LogP contribution in [0.3, 0.4) is 0 Å². The molecule has 2 amide bonds. The summed E-state index contributed by atoms with van der Waals surface area (Å²) in [4.78, 5) is 22.5. The van der Waals surface area contributed by atoms with E-state index in [9.17, 15) is 9.59 Å². The fourth-order valence-corrected chi connectivity index (χ4v) is 1.84. The van der Waals surface area contributed by atoms with Crippen molar-refractivity contribution in [2.24, 2.45) is 10.2 Å². The molecule has 1 aliphatic heterocycles. The average Bonchev–Trinajstić information content (AvgIpc) is 2.79. The Labute approximate surface area is 148 Å². The zero-order valence-corrected chi connectivity index (χ0v) is 15.3. The van der Waals surface area contributed by atoms with Crippen LogP contribution in [0.15, 0.2) is 34.5 Å². The molecule has 0 saturated heterocycles. The van der Waals surface area contributed by atoms with Gasteiger partial charge < -0.3 is 0 Å². The van der Waals surface area contributed by atoms with Gasteiger partial charge in [0.2, 0.25) is 0 Å². The number of benzene rings is 1. The van der Waals surface area contributed by atoms with E-state index in [1.165, 1.54) is 0 Å². The summed E-state index contributed by atoms with van der Waals surface area (Å²) in [6.07, 6.45) is 0. The van der Waals surface area contributed by atoms with Gasteiger partial charge in [0.1, 0.15) is 0 Å². The van der Waals surface area contributed by atoms with Gasteiger partial charge in [0.15, 0.2) is 11.1 Å². The number of nitrogens with zero attached hydrogens (tertiary/aromatic N) is 5. The first-order chi connectivity index (χ1) is 11.0. The lowest BCUT2D eigenvalue weighted by molar-refractivity contribution is 0.0785. The second-order valence-corrected chi connectivity index (χ2v) is 6.69. The summed E-state index contributed by atoms with van der Waals surface area (Å²) in [7, 11) is 0. The predicted octanol–water partition coefficient (Wildman–Crippen LogP) is 3.64. The van der Waals surface area contributed by atoms with Gasteiger partial charge in [0.25, 0.3) is 11.8 Å². The molecular weight excluding hydrogens is 374 g/mol. The van der Waals surface area contributed by atoms with Crippen molar-refractivity contribution in [1.29, 1.82) is 10.5 Å². The van der Waals surface area contributed by atoms with Crippen LogP contribution >= 0.6 is 16.1 Å². The molecule has 8 heteroatoms. The molecule has 124 valence electrons. The third-order valence-corrected chi connectivity index (χ3v) is 3.49. The van der Waals surface area contributed by atoms with Crippen LogP contribution in [0, 0.1) is 22.7 Å². The fraction of sp³-hybridized carbons (Fsp3) is 0.375. The molecule has 0 unspecified atom stereocenters. The molecule has 1 aliphatic rings. The lowest BCUT2D eigenvalue weighted by atomic mass is 10.1. The highest BCUT2D eigenvalue weighted by molar-refractivity contribution is 9.08. The monoisotopic (exact) mass is 389 g/mol. The first kappa shape index (κ1) is 19.5. The Morgan fingerprint density at radius 3 is 1.54 bits per heavy atom. The molecule has 0 atom stereocenters. The Kier molecular flexibility index (Phi) is 5.94. The molecule has 0 fully saturated rings. The number of rotatable bonds is 2. The van der Waals surface area contributed by atoms with E-state index in [4.69, 9.17) is 10.5 Å². The molecule has 1 aromatic rings. The van der Waals surface area contributed by atoms with Crippen LogP contribution in [-0.2, 0) is 0 Å². The molecule has 2 rings (SSSR count).